The van der Waals surface area contributed by atoms with E-state index in [-0.39, 0.29) is 24.4 Å². The smallest absolute Gasteiger partial charge is 0.421 e. The molecule has 4 rings (SSSR count). The molecule has 0 bridgehead atoms. The van der Waals surface area contributed by atoms with Crippen molar-refractivity contribution in [2.24, 2.45) is 4.99 Å². The number of rotatable bonds is 7. The van der Waals surface area contributed by atoms with Crippen LogP contribution in [-0.2, 0) is 17.7 Å². The van der Waals surface area contributed by atoms with Gasteiger partial charge in [0.05, 0.1) is 24.9 Å². The summed E-state index contributed by atoms with van der Waals surface area (Å²) in [5.74, 6) is -0.416. The van der Waals surface area contributed by atoms with E-state index in [4.69, 9.17) is 13.9 Å². The predicted molar refractivity (Wildman–Crippen MR) is 124 cm³/mol. The maximum atomic E-state index is 13.6. The molecule has 14 heteroatoms. The minimum atomic E-state index is -4.68. The Morgan fingerprint density at radius 2 is 2.05 bits per heavy atom. The zero-order chi connectivity index (χ0) is 26.7. The molecule has 37 heavy (non-hydrogen) atoms. The Morgan fingerprint density at radius 1 is 1.27 bits per heavy atom. The number of allylic oxidation sites excluding steroid dienone is 3. The van der Waals surface area contributed by atoms with Crippen molar-refractivity contribution in [3.05, 3.63) is 52.6 Å². The van der Waals surface area contributed by atoms with Gasteiger partial charge in [0.15, 0.2) is 0 Å². The van der Waals surface area contributed by atoms with Crippen LogP contribution >= 0.6 is 0 Å². The van der Waals surface area contributed by atoms with E-state index in [1.165, 1.54) is 6.33 Å². The van der Waals surface area contributed by atoms with Crippen LogP contribution < -0.4 is 4.74 Å². The van der Waals surface area contributed by atoms with Crippen molar-refractivity contribution in [2.75, 3.05) is 26.7 Å². The van der Waals surface area contributed by atoms with Crippen molar-refractivity contribution < 1.29 is 31.9 Å². The summed E-state index contributed by atoms with van der Waals surface area (Å²) in [5, 5.41) is 7.45. The van der Waals surface area contributed by atoms with E-state index in [1.807, 2.05) is 0 Å². The number of aliphatic imine (C=N–C) groups is 1. The quantitative estimate of drug-likeness (QED) is 0.308. The number of carbonyl (C=O) groups excluding carboxylic acids is 1. The van der Waals surface area contributed by atoms with E-state index >= 15 is 0 Å². The Bertz CT molecular complexity index is 1240. The molecule has 0 saturated carbocycles. The van der Waals surface area contributed by atoms with Crippen LogP contribution in [0.15, 0.2) is 39.0 Å². The summed E-state index contributed by atoms with van der Waals surface area (Å²) in [6.45, 7) is 7.80. The second-order valence-electron chi connectivity index (χ2n) is 8.55. The van der Waals surface area contributed by atoms with Gasteiger partial charge >= 0.3 is 18.0 Å². The van der Waals surface area contributed by atoms with Gasteiger partial charge in [-0.2, -0.15) is 13.2 Å². The summed E-state index contributed by atoms with van der Waals surface area (Å²) in [4.78, 5) is 27.9. The lowest BCUT2D eigenvalue weighted by molar-refractivity contribution is -0.0915. The Labute approximate surface area is 210 Å². The fourth-order valence-electron chi connectivity index (χ4n) is 4.23. The van der Waals surface area contributed by atoms with E-state index in [0.717, 1.165) is 18.9 Å². The van der Waals surface area contributed by atoms with Gasteiger partial charge in [0.2, 0.25) is 17.7 Å². The van der Waals surface area contributed by atoms with Gasteiger partial charge in [0.25, 0.3) is 0 Å². The van der Waals surface area contributed by atoms with Gasteiger partial charge in [0, 0.05) is 45.1 Å². The second-order valence-corrected chi connectivity index (χ2v) is 8.55. The standard InChI is InChI=1S/C23H26F3N7O4/c1-13(9-17(23(24,25)26)20(27-3)35-4)32-8-6-18-16(11-32)19(29-12-28-18)37-15-5-7-33(10-15)22(34)21-31-30-14(2)36-21/h9,12,15H,3,5-8,10-11H2,1-2,4H3/b13-9+,20-17-/t15-/m0/s1. The predicted octanol–water partition coefficient (Wildman–Crippen LogP) is 2.84. The zero-order valence-electron chi connectivity index (χ0n) is 20.6. The van der Waals surface area contributed by atoms with Gasteiger partial charge in [-0.3, -0.25) is 4.79 Å². The number of hydrogen-bond acceptors (Lipinski definition) is 10. The SMILES string of the molecule is C=N/C(OC)=C(\C=C(/C)N1CCc2ncnc(O[C@H]3CCN(C(=O)c4nnc(C)o4)C3)c2C1)C(F)(F)F. The first kappa shape index (κ1) is 26.1. The monoisotopic (exact) mass is 521 g/mol. The summed E-state index contributed by atoms with van der Waals surface area (Å²) < 4.78 is 57.0. The number of methoxy groups -OCH3 is 1. The number of nitrogens with zero attached hydrogens (tertiary/aromatic N) is 7. The van der Waals surface area contributed by atoms with Crippen molar-refractivity contribution in [1.29, 1.82) is 0 Å². The average molecular weight is 522 g/mol. The first-order valence-electron chi connectivity index (χ1n) is 11.4. The van der Waals surface area contributed by atoms with Crippen molar-refractivity contribution in [3.63, 3.8) is 0 Å². The molecule has 0 unspecified atom stereocenters. The molecule has 2 aromatic rings. The first-order valence-corrected chi connectivity index (χ1v) is 11.4. The number of aromatic nitrogens is 4. The topological polar surface area (TPSA) is 119 Å². The minimum Gasteiger partial charge on any atom is -0.481 e. The Hall–Kier alpha value is -3.97. The van der Waals surface area contributed by atoms with Crippen molar-refractivity contribution in [1.82, 2.24) is 30.0 Å². The molecule has 11 nitrogen and oxygen atoms in total. The van der Waals surface area contributed by atoms with Crippen molar-refractivity contribution >= 4 is 12.6 Å². The number of likely N-dealkylation sites (tertiary alicyclic amines) is 1. The second kappa shape index (κ2) is 10.6. The average Bonchev–Trinajstić information content (AvgIpc) is 3.52. The van der Waals surface area contributed by atoms with Crippen LogP contribution in [0.4, 0.5) is 13.2 Å². The molecular formula is C23H26F3N7O4. The molecule has 1 atom stereocenters. The fourth-order valence-corrected chi connectivity index (χ4v) is 4.23. The lowest BCUT2D eigenvalue weighted by Crippen LogP contribution is -2.33. The number of fused-ring (bicyclic) bond motifs is 1. The molecule has 1 amide bonds. The number of amides is 1. The van der Waals surface area contributed by atoms with Gasteiger partial charge in [-0.25, -0.2) is 15.0 Å². The summed E-state index contributed by atoms with van der Waals surface area (Å²) in [7, 11) is 1.11. The van der Waals surface area contributed by atoms with E-state index in [1.54, 1.807) is 23.6 Å². The normalized spacial score (nSPS) is 18.9. The van der Waals surface area contributed by atoms with Crippen molar-refractivity contribution in [2.45, 2.75) is 45.5 Å². The Morgan fingerprint density at radius 3 is 2.70 bits per heavy atom. The first-order chi connectivity index (χ1) is 17.6. The van der Waals surface area contributed by atoms with Crippen LogP contribution in [-0.4, -0.2) is 81.6 Å². The van der Waals surface area contributed by atoms with Gasteiger partial charge < -0.3 is 23.7 Å². The lowest BCUT2D eigenvalue weighted by Gasteiger charge is -2.32. The van der Waals surface area contributed by atoms with E-state index in [9.17, 15) is 18.0 Å². The molecule has 0 spiro atoms. The number of ether oxygens (including phenoxy) is 2. The fraction of sp³-hybridized carbons (Fsp3) is 0.478. The highest BCUT2D eigenvalue weighted by Gasteiger charge is 2.37. The highest BCUT2D eigenvalue weighted by Crippen LogP contribution is 2.33. The molecule has 0 radical (unpaired) electrons. The van der Waals surface area contributed by atoms with Crippen LogP contribution in [0.2, 0.25) is 0 Å². The molecule has 2 aliphatic heterocycles. The molecular weight excluding hydrogens is 495 g/mol. The van der Waals surface area contributed by atoms with E-state index in [2.05, 4.69) is 31.9 Å². The molecule has 2 aliphatic rings. The van der Waals surface area contributed by atoms with Crippen LogP contribution in [0.1, 0.15) is 41.2 Å². The highest BCUT2D eigenvalue weighted by atomic mass is 19.4. The highest BCUT2D eigenvalue weighted by molar-refractivity contribution is 5.89. The molecule has 1 fully saturated rings. The molecule has 1 saturated heterocycles. The molecule has 198 valence electrons. The molecule has 0 aliphatic carbocycles. The van der Waals surface area contributed by atoms with E-state index in [0.29, 0.717) is 55.5 Å². The minimum absolute atomic E-state index is 0.0777. The van der Waals surface area contributed by atoms with Gasteiger partial charge in [-0.1, -0.05) is 0 Å². The number of carbonyl (C=O) groups is 1. The van der Waals surface area contributed by atoms with Gasteiger partial charge in [0.1, 0.15) is 18.0 Å². The number of aryl methyl sites for hydroxylation is 1. The number of halogens is 3. The largest absolute Gasteiger partial charge is 0.481 e. The number of hydrogen-bond donors (Lipinski definition) is 0. The van der Waals surface area contributed by atoms with Crippen LogP contribution in [0.3, 0.4) is 0 Å². The third-order valence-electron chi connectivity index (χ3n) is 6.11. The maximum Gasteiger partial charge on any atom is 0.421 e. The summed E-state index contributed by atoms with van der Waals surface area (Å²) in [5.41, 5.74) is 0.781. The van der Waals surface area contributed by atoms with Crippen LogP contribution in [0, 0.1) is 6.92 Å². The van der Waals surface area contributed by atoms with Crippen LogP contribution in [0.25, 0.3) is 0 Å². The number of alkyl halides is 3. The third kappa shape index (κ3) is 5.73. The maximum absolute atomic E-state index is 13.6. The molecule has 2 aromatic heterocycles. The molecule has 0 aromatic carbocycles. The summed E-state index contributed by atoms with van der Waals surface area (Å²) in [6, 6.07) is 0. The van der Waals surface area contributed by atoms with Gasteiger partial charge in [-0.15, -0.1) is 10.2 Å². The summed E-state index contributed by atoms with van der Waals surface area (Å²) in [6.07, 6.45) is -1.56. The Balaban J connectivity index is 1.50. The van der Waals surface area contributed by atoms with Gasteiger partial charge in [-0.05, 0) is 19.7 Å². The third-order valence-corrected chi connectivity index (χ3v) is 6.11. The van der Waals surface area contributed by atoms with Crippen molar-refractivity contribution in [3.8, 4) is 5.88 Å². The van der Waals surface area contributed by atoms with E-state index < -0.39 is 17.6 Å². The zero-order valence-corrected chi connectivity index (χ0v) is 20.6. The molecule has 0 N–H and O–H groups in total. The lowest BCUT2D eigenvalue weighted by atomic mass is 10.1. The summed E-state index contributed by atoms with van der Waals surface area (Å²) >= 11 is 0. The molecule has 4 heterocycles. The van der Waals surface area contributed by atoms with Crippen LogP contribution in [0.5, 0.6) is 5.88 Å². The Kier molecular flexibility index (Phi) is 7.45.